The van der Waals surface area contributed by atoms with E-state index in [0.29, 0.717) is 11.3 Å². The molecule has 0 amide bonds. The minimum absolute atomic E-state index is 0.0633. The largest absolute Gasteiger partial charge is 0.468 e. The second-order valence-corrected chi connectivity index (χ2v) is 3.01. The number of halogens is 1. The Hall–Kier alpha value is -1.62. The van der Waals surface area contributed by atoms with Gasteiger partial charge >= 0.3 is 5.97 Å². The molecule has 0 aliphatic rings. The number of carbonyl (C=O) groups is 1. The Morgan fingerprint density at radius 2 is 2.33 bits per heavy atom. The summed E-state index contributed by atoms with van der Waals surface area (Å²) < 4.78 is 16.8. The number of carbonyl (C=O) groups excluding carboxylic acids is 1. The molecule has 0 spiro atoms. The molecule has 82 valence electrons. The summed E-state index contributed by atoms with van der Waals surface area (Å²) in [6.45, 7) is -0.619. The number of esters is 1. The third-order valence-corrected chi connectivity index (χ3v) is 1.92. The minimum Gasteiger partial charge on any atom is -0.468 e. The van der Waals surface area contributed by atoms with Crippen LogP contribution in [-0.4, -0.2) is 19.6 Å². The third-order valence-electron chi connectivity index (χ3n) is 1.92. The maximum Gasteiger partial charge on any atom is 0.326 e. The highest BCUT2D eigenvalue weighted by Gasteiger charge is 2.08. The standard InChI is InChI=1S/C10H13FN2O2/c1-15-10(14)7-13(12)9-4-2-3-8(5-9)6-11/h2-5H,6-7,12H2,1H3. The number of benzene rings is 1. The predicted molar refractivity (Wildman–Crippen MR) is 54.8 cm³/mol. The van der Waals surface area contributed by atoms with Crippen molar-refractivity contribution >= 4 is 11.7 Å². The number of ether oxygens (including phenoxy) is 1. The van der Waals surface area contributed by atoms with Crippen molar-refractivity contribution in [1.29, 1.82) is 0 Å². The number of methoxy groups -OCH3 is 1. The molecule has 2 N–H and O–H groups in total. The molecule has 0 fully saturated rings. The van der Waals surface area contributed by atoms with Crippen molar-refractivity contribution in [3.05, 3.63) is 29.8 Å². The maximum absolute atomic E-state index is 12.3. The molecule has 0 atom stereocenters. The summed E-state index contributed by atoms with van der Waals surface area (Å²) in [5.41, 5.74) is 1.10. The van der Waals surface area contributed by atoms with Gasteiger partial charge in [0.15, 0.2) is 0 Å². The zero-order valence-corrected chi connectivity index (χ0v) is 8.44. The highest BCUT2D eigenvalue weighted by Crippen LogP contribution is 2.14. The van der Waals surface area contributed by atoms with Crippen molar-refractivity contribution in [2.75, 3.05) is 18.7 Å². The Labute approximate surface area is 87.4 Å². The molecule has 0 bridgehead atoms. The topological polar surface area (TPSA) is 55.6 Å². The molecule has 0 radical (unpaired) electrons. The molecule has 0 unspecified atom stereocenters. The lowest BCUT2D eigenvalue weighted by Gasteiger charge is -2.17. The van der Waals surface area contributed by atoms with Gasteiger partial charge in [0.05, 0.1) is 12.8 Å². The highest BCUT2D eigenvalue weighted by molar-refractivity contribution is 5.75. The van der Waals surface area contributed by atoms with Crippen LogP contribution in [0.5, 0.6) is 0 Å². The first kappa shape index (κ1) is 11.5. The number of anilines is 1. The monoisotopic (exact) mass is 212 g/mol. The lowest BCUT2D eigenvalue weighted by atomic mass is 10.2. The van der Waals surface area contributed by atoms with Gasteiger partial charge in [0, 0.05) is 0 Å². The van der Waals surface area contributed by atoms with Gasteiger partial charge in [-0.1, -0.05) is 12.1 Å². The summed E-state index contributed by atoms with van der Waals surface area (Å²) in [6, 6.07) is 6.61. The Morgan fingerprint density at radius 1 is 1.60 bits per heavy atom. The van der Waals surface area contributed by atoms with E-state index in [0.717, 1.165) is 0 Å². The number of rotatable bonds is 4. The molecule has 15 heavy (non-hydrogen) atoms. The van der Waals surface area contributed by atoms with Crippen LogP contribution in [0.15, 0.2) is 24.3 Å². The predicted octanol–water partition coefficient (Wildman–Crippen LogP) is 1.01. The second-order valence-electron chi connectivity index (χ2n) is 3.01. The van der Waals surface area contributed by atoms with E-state index in [1.807, 2.05) is 0 Å². The molecule has 5 heteroatoms. The number of nitrogens with two attached hydrogens (primary N) is 1. The van der Waals surface area contributed by atoms with Crippen molar-refractivity contribution < 1.29 is 13.9 Å². The van der Waals surface area contributed by atoms with E-state index in [1.165, 1.54) is 12.1 Å². The summed E-state index contributed by atoms with van der Waals surface area (Å²) in [7, 11) is 1.29. The van der Waals surface area contributed by atoms with Gasteiger partial charge < -0.3 is 4.74 Å². The van der Waals surface area contributed by atoms with Crippen LogP contribution in [0.2, 0.25) is 0 Å². The van der Waals surface area contributed by atoms with Gasteiger partial charge in [0.25, 0.3) is 0 Å². The van der Waals surface area contributed by atoms with E-state index >= 15 is 0 Å². The maximum atomic E-state index is 12.3. The Morgan fingerprint density at radius 3 is 2.93 bits per heavy atom. The Balaban J connectivity index is 2.72. The lowest BCUT2D eigenvalue weighted by molar-refractivity contribution is -0.138. The van der Waals surface area contributed by atoms with Crippen molar-refractivity contribution in [1.82, 2.24) is 0 Å². The molecule has 0 aliphatic heterocycles. The summed E-state index contributed by atoms with van der Waals surface area (Å²) in [5.74, 6) is 5.16. The van der Waals surface area contributed by atoms with Crippen LogP contribution < -0.4 is 10.9 Å². The van der Waals surface area contributed by atoms with Crippen LogP contribution in [0.4, 0.5) is 10.1 Å². The van der Waals surface area contributed by atoms with E-state index in [9.17, 15) is 9.18 Å². The van der Waals surface area contributed by atoms with Crippen molar-refractivity contribution in [2.45, 2.75) is 6.67 Å². The zero-order chi connectivity index (χ0) is 11.3. The van der Waals surface area contributed by atoms with Gasteiger partial charge in [-0.2, -0.15) is 0 Å². The minimum atomic E-state index is -0.556. The van der Waals surface area contributed by atoms with Crippen LogP contribution in [0.25, 0.3) is 0 Å². The van der Waals surface area contributed by atoms with E-state index in [-0.39, 0.29) is 6.54 Å². The van der Waals surface area contributed by atoms with Gasteiger partial charge in [-0.05, 0) is 17.7 Å². The van der Waals surface area contributed by atoms with Crippen LogP contribution in [0.1, 0.15) is 5.56 Å². The molecule has 1 aromatic rings. The number of nitrogens with zero attached hydrogens (tertiary/aromatic N) is 1. The normalized spacial score (nSPS) is 9.80. The van der Waals surface area contributed by atoms with E-state index in [4.69, 9.17) is 5.84 Å². The Bertz CT molecular complexity index is 344. The number of hydrazine groups is 1. The number of alkyl halides is 1. The zero-order valence-electron chi connectivity index (χ0n) is 8.44. The molecule has 0 heterocycles. The van der Waals surface area contributed by atoms with Crippen LogP contribution in [0, 0.1) is 0 Å². The van der Waals surface area contributed by atoms with E-state index < -0.39 is 12.6 Å². The molecule has 0 aromatic heterocycles. The fourth-order valence-corrected chi connectivity index (χ4v) is 1.11. The summed E-state index contributed by atoms with van der Waals surface area (Å²) in [6.07, 6.45) is 0. The van der Waals surface area contributed by atoms with Gasteiger partial charge in [0.2, 0.25) is 0 Å². The molecular formula is C10H13FN2O2. The fourth-order valence-electron chi connectivity index (χ4n) is 1.11. The first-order valence-corrected chi connectivity index (χ1v) is 4.41. The van der Waals surface area contributed by atoms with Crippen LogP contribution in [-0.2, 0) is 16.2 Å². The first-order valence-electron chi connectivity index (χ1n) is 4.41. The molecule has 0 saturated heterocycles. The summed E-state index contributed by atoms with van der Waals surface area (Å²) in [5, 5.41) is 1.21. The van der Waals surface area contributed by atoms with Crippen molar-refractivity contribution in [2.24, 2.45) is 5.84 Å². The first-order chi connectivity index (χ1) is 7.17. The van der Waals surface area contributed by atoms with E-state index in [1.54, 1.807) is 24.3 Å². The number of hydrogen-bond acceptors (Lipinski definition) is 4. The fraction of sp³-hybridized carbons (Fsp3) is 0.300. The van der Waals surface area contributed by atoms with E-state index in [2.05, 4.69) is 4.74 Å². The molecular weight excluding hydrogens is 199 g/mol. The van der Waals surface area contributed by atoms with Crippen molar-refractivity contribution in [3.8, 4) is 0 Å². The van der Waals surface area contributed by atoms with Crippen LogP contribution >= 0.6 is 0 Å². The lowest BCUT2D eigenvalue weighted by Crippen LogP contribution is -2.36. The average molecular weight is 212 g/mol. The SMILES string of the molecule is COC(=O)CN(N)c1cccc(CF)c1. The molecule has 4 nitrogen and oxygen atoms in total. The second kappa shape index (κ2) is 5.31. The highest BCUT2D eigenvalue weighted by atomic mass is 19.1. The molecule has 1 aromatic carbocycles. The van der Waals surface area contributed by atoms with Gasteiger partial charge in [-0.15, -0.1) is 0 Å². The average Bonchev–Trinajstić information content (AvgIpc) is 2.28. The van der Waals surface area contributed by atoms with Gasteiger partial charge in [-0.3, -0.25) is 9.80 Å². The van der Waals surface area contributed by atoms with Gasteiger partial charge in [-0.25, -0.2) is 10.2 Å². The van der Waals surface area contributed by atoms with Gasteiger partial charge in [0.1, 0.15) is 13.2 Å². The number of hydrogen-bond donors (Lipinski definition) is 1. The van der Waals surface area contributed by atoms with Crippen LogP contribution in [0.3, 0.4) is 0 Å². The molecule has 1 rings (SSSR count). The smallest absolute Gasteiger partial charge is 0.326 e. The Kier molecular flexibility index (Phi) is 4.05. The van der Waals surface area contributed by atoms with Crippen molar-refractivity contribution in [3.63, 3.8) is 0 Å². The summed E-state index contributed by atoms with van der Waals surface area (Å²) in [4.78, 5) is 10.9. The quantitative estimate of drug-likeness (QED) is 0.459. The molecule has 0 aliphatic carbocycles. The summed E-state index contributed by atoms with van der Waals surface area (Å²) >= 11 is 0. The third kappa shape index (κ3) is 3.21. The molecule has 0 saturated carbocycles.